The number of fused-ring (bicyclic) bond motifs is 7. The van der Waals surface area contributed by atoms with E-state index in [1.807, 2.05) is 11.3 Å². The molecule has 0 fully saturated rings. The molecule has 0 amide bonds. The average molecular weight is 708 g/mol. The number of benzene rings is 7. The Morgan fingerprint density at radius 3 is 2.07 bits per heavy atom. The lowest BCUT2D eigenvalue weighted by Gasteiger charge is -2.15. The Labute approximate surface area is 317 Å². The lowest BCUT2D eigenvalue weighted by atomic mass is 9.93. The number of thiophene rings is 1. The van der Waals surface area contributed by atoms with Gasteiger partial charge < -0.3 is 0 Å². The third-order valence-corrected chi connectivity index (χ3v) is 12.1. The van der Waals surface area contributed by atoms with Gasteiger partial charge in [0.1, 0.15) is 0 Å². The summed E-state index contributed by atoms with van der Waals surface area (Å²) in [5, 5.41) is 4.76. The molecule has 11 rings (SSSR count). The topological polar surface area (TPSA) is 30.7 Å². The van der Waals surface area contributed by atoms with Crippen molar-refractivity contribution in [3.05, 3.63) is 180 Å². The maximum absolute atomic E-state index is 5.40. The summed E-state index contributed by atoms with van der Waals surface area (Å²) in [6.07, 6.45) is 6.81. The summed E-state index contributed by atoms with van der Waals surface area (Å²) < 4.78 is 3.65. The number of hydrogen-bond donors (Lipinski definition) is 0. The number of rotatable bonds is 5. The van der Waals surface area contributed by atoms with Gasteiger partial charge in [-0.1, -0.05) is 127 Å². The van der Waals surface area contributed by atoms with Crippen LogP contribution in [0.15, 0.2) is 170 Å². The number of nitrogens with zero attached hydrogens (tertiary/aromatic N) is 3. The van der Waals surface area contributed by atoms with Gasteiger partial charge in [0.2, 0.25) is 5.95 Å². The highest BCUT2D eigenvalue weighted by atomic mass is 32.1. The van der Waals surface area contributed by atoms with E-state index in [4.69, 9.17) is 9.97 Å². The molecule has 3 nitrogen and oxygen atoms in total. The molecule has 1 aliphatic rings. The van der Waals surface area contributed by atoms with Crippen molar-refractivity contribution in [2.45, 2.75) is 12.8 Å². The largest absolute Gasteiger partial charge is 0.277 e. The molecule has 0 atom stereocenters. The predicted octanol–water partition coefficient (Wildman–Crippen LogP) is 13.6. The Balaban J connectivity index is 1.20. The third-order valence-electron chi connectivity index (χ3n) is 10.9. The van der Waals surface area contributed by atoms with Gasteiger partial charge in [0.25, 0.3) is 0 Å². The summed E-state index contributed by atoms with van der Waals surface area (Å²) in [5.74, 6) is 0.658. The van der Waals surface area contributed by atoms with Crippen LogP contribution in [0.4, 0.5) is 0 Å². The number of para-hydroxylation sites is 2. The Kier molecular flexibility index (Phi) is 7.17. The number of allylic oxidation sites excluding steroid dienone is 1. The van der Waals surface area contributed by atoms with Crippen molar-refractivity contribution in [1.82, 2.24) is 14.5 Å². The average Bonchev–Trinajstić information content (AvgIpc) is 3.79. The fourth-order valence-corrected chi connectivity index (χ4v) is 9.49. The van der Waals surface area contributed by atoms with Crippen molar-refractivity contribution < 1.29 is 0 Å². The smallest absolute Gasteiger partial charge is 0.235 e. The van der Waals surface area contributed by atoms with Crippen LogP contribution in [0.25, 0.3) is 99.5 Å². The van der Waals surface area contributed by atoms with E-state index in [1.165, 1.54) is 53.6 Å². The van der Waals surface area contributed by atoms with E-state index < -0.39 is 0 Å². The minimum absolute atomic E-state index is 0.658. The Bertz CT molecular complexity index is 3100. The first-order valence-corrected chi connectivity index (χ1v) is 19.4. The molecule has 3 heterocycles. The van der Waals surface area contributed by atoms with E-state index in [0.717, 1.165) is 57.2 Å². The SMILES string of the molecule is C1=Cc2sc3ccc(-c4cccc(-c5cc(-c6ccccc6)cc6c7ccccc7n(-c7nc(-c8ccccc8)c8ccccc8n7)c56)c4)cc3c2CC1. The first-order chi connectivity index (χ1) is 26.8. The molecule has 0 radical (unpaired) electrons. The fraction of sp³-hybridized carbons (Fsp3) is 0.0400. The van der Waals surface area contributed by atoms with Crippen LogP contribution in [-0.4, -0.2) is 14.5 Å². The summed E-state index contributed by atoms with van der Waals surface area (Å²) in [5.41, 5.74) is 13.7. The van der Waals surface area contributed by atoms with Crippen molar-refractivity contribution in [2.75, 3.05) is 0 Å². The fourth-order valence-electron chi connectivity index (χ4n) is 8.33. The zero-order valence-corrected chi connectivity index (χ0v) is 30.2. The highest BCUT2D eigenvalue weighted by Gasteiger charge is 2.22. The van der Waals surface area contributed by atoms with Crippen LogP contribution in [0.2, 0.25) is 0 Å². The zero-order chi connectivity index (χ0) is 35.6. The monoisotopic (exact) mass is 707 g/mol. The number of hydrogen-bond acceptors (Lipinski definition) is 3. The second-order valence-corrected chi connectivity index (χ2v) is 15.2. The first-order valence-electron chi connectivity index (χ1n) is 18.5. The number of aryl methyl sites for hydroxylation is 1. The Morgan fingerprint density at radius 2 is 1.20 bits per heavy atom. The van der Waals surface area contributed by atoms with Gasteiger partial charge in [-0.05, 0) is 100 Å². The highest BCUT2D eigenvalue weighted by Crippen LogP contribution is 2.43. The summed E-state index contributed by atoms with van der Waals surface area (Å²) in [6.45, 7) is 0. The number of aromatic nitrogens is 3. The van der Waals surface area contributed by atoms with Crippen molar-refractivity contribution >= 4 is 60.2 Å². The molecular weight excluding hydrogens is 675 g/mol. The van der Waals surface area contributed by atoms with E-state index in [9.17, 15) is 0 Å². The molecule has 0 saturated heterocycles. The molecule has 0 spiro atoms. The van der Waals surface area contributed by atoms with Crippen molar-refractivity contribution in [2.24, 2.45) is 0 Å². The van der Waals surface area contributed by atoms with Crippen LogP contribution in [0.5, 0.6) is 0 Å². The summed E-state index contributed by atoms with van der Waals surface area (Å²) in [6, 6.07) is 59.0. The molecule has 54 heavy (non-hydrogen) atoms. The quantitative estimate of drug-likeness (QED) is 0.178. The van der Waals surface area contributed by atoms with Crippen LogP contribution >= 0.6 is 11.3 Å². The Hall–Kier alpha value is -6.62. The summed E-state index contributed by atoms with van der Waals surface area (Å²) >= 11 is 1.90. The highest BCUT2D eigenvalue weighted by molar-refractivity contribution is 7.20. The lowest BCUT2D eigenvalue weighted by Crippen LogP contribution is -2.04. The van der Waals surface area contributed by atoms with Crippen LogP contribution in [0.1, 0.15) is 16.9 Å². The molecule has 0 unspecified atom stereocenters. The van der Waals surface area contributed by atoms with Crippen LogP contribution < -0.4 is 0 Å². The van der Waals surface area contributed by atoms with E-state index >= 15 is 0 Å². The van der Waals surface area contributed by atoms with Gasteiger partial charge in [-0.3, -0.25) is 4.57 Å². The van der Waals surface area contributed by atoms with Crippen molar-refractivity contribution in [1.29, 1.82) is 0 Å². The predicted molar refractivity (Wildman–Crippen MR) is 228 cm³/mol. The first kappa shape index (κ1) is 31.0. The molecule has 3 aromatic heterocycles. The standard InChI is InChI=1S/C50H33N3S/c1-3-14-32(15-4-1)37-30-41(36-19-13-18-34(28-36)35-26-27-47-42(29-35)39-21-9-12-25-46(39)54-47)49-43(31-37)38-20-8-11-24-45(38)53(49)50-51-44-23-10-7-22-40(44)48(52-50)33-16-5-2-6-17-33/h1-8,10-20,22-31H,9,21H2. The van der Waals surface area contributed by atoms with E-state index in [1.54, 1.807) is 0 Å². The summed E-state index contributed by atoms with van der Waals surface area (Å²) in [4.78, 5) is 12.1. The van der Waals surface area contributed by atoms with Gasteiger partial charge in [0.15, 0.2) is 0 Å². The van der Waals surface area contributed by atoms with E-state index in [0.29, 0.717) is 5.95 Å². The van der Waals surface area contributed by atoms with Gasteiger partial charge in [-0.15, -0.1) is 11.3 Å². The van der Waals surface area contributed by atoms with E-state index in [2.05, 4.69) is 181 Å². The van der Waals surface area contributed by atoms with Gasteiger partial charge in [-0.2, -0.15) is 0 Å². The molecule has 1 aliphatic carbocycles. The summed E-state index contributed by atoms with van der Waals surface area (Å²) in [7, 11) is 0. The van der Waals surface area contributed by atoms with Gasteiger partial charge in [0.05, 0.1) is 22.2 Å². The molecule has 0 bridgehead atoms. The van der Waals surface area contributed by atoms with Gasteiger partial charge in [0, 0.05) is 36.9 Å². The normalized spacial score (nSPS) is 12.6. The second kappa shape index (κ2) is 12.5. The molecule has 0 N–H and O–H groups in total. The van der Waals surface area contributed by atoms with Gasteiger partial charge >= 0.3 is 0 Å². The lowest BCUT2D eigenvalue weighted by molar-refractivity contribution is 1.01. The third kappa shape index (κ3) is 5.02. The maximum atomic E-state index is 5.40. The van der Waals surface area contributed by atoms with Crippen molar-refractivity contribution in [3.8, 4) is 50.6 Å². The molecule has 0 aliphatic heterocycles. The minimum atomic E-state index is 0.658. The van der Waals surface area contributed by atoms with Gasteiger partial charge in [-0.25, -0.2) is 9.97 Å². The Morgan fingerprint density at radius 1 is 0.500 bits per heavy atom. The minimum Gasteiger partial charge on any atom is -0.277 e. The molecule has 4 heteroatoms. The second-order valence-electron chi connectivity index (χ2n) is 14.1. The van der Waals surface area contributed by atoms with Crippen LogP contribution in [0, 0.1) is 0 Å². The molecule has 0 saturated carbocycles. The molecule has 7 aromatic carbocycles. The molecule has 254 valence electrons. The maximum Gasteiger partial charge on any atom is 0.235 e. The van der Waals surface area contributed by atoms with E-state index in [-0.39, 0.29) is 0 Å². The molecular formula is C50H33N3S. The zero-order valence-electron chi connectivity index (χ0n) is 29.4. The van der Waals surface area contributed by atoms with Crippen molar-refractivity contribution in [3.63, 3.8) is 0 Å². The molecule has 10 aromatic rings. The van der Waals surface area contributed by atoms with Crippen LogP contribution in [0.3, 0.4) is 0 Å². The van der Waals surface area contributed by atoms with Crippen LogP contribution in [-0.2, 0) is 6.42 Å².